The Hall–Kier alpha value is -2.44. The number of ether oxygens (including phenoxy) is 1. The number of hydrogen-bond donors (Lipinski definition) is 2. The maximum absolute atomic E-state index is 12.6. The number of rotatable bonds is 3. The predicted molar refractivity (Wildman–Crippen MR) is 89.0 cm³/mol. The first-order chi connectivity index (χ1) is 11.7. The van der Waals surface area contributed by atoms with E-state index >= 15 is 0 Å². The van der Waals surface area contributed by atoms with Crippen molar-refractivity contribution < 1.29 is 9.53 Å². The number of hydrogen-bond acceptors (Lipinski definition) is 5. The van der Waals surface area contributed by atoms with Crippen LogP contribution in [0.4, 0.5) is 0 Å². The van der Waals surface area contributed by atoms with E-state index in [0.29, 0.717) is 0 Å². The number of likely N-dealkylation sites (N-methyl/N-ethyl adjacent to an activating group) is 1. The van der Waals surface area contributed by atoms with Crippen molar-refractivity contribution in [2.75, 3.05) is 14.2 Å². The number of fused-ring (bicyclic) bond motifs is 1. The minimum atomic E-state index is -0.229. The molecule has 124 valence electrons. The van der Waals surface area contributed by atoms with Gasteiger partial charge in [0.05, 0.1) is 19.2 Å². The number of hydrazine groups is 1. The molecule has 0 bridgehead atoms. The SMILES string of the molecule is COc1ccc(C2NNC3C(=O)N(C)C(c4cccnc4)C32)cc1. The number of carbonyl (C=O) groups is 1. The summed E-state index contributed by atoms with van der Waals surface area (Å²) in [7, 11) is 3.52. The van der Waals surface area contributed by atoms with Gasteiger partial charge in [0, 0.05) is 25.4 Å². The second-order valence-corrected chi connectivity index (χ2v) is 6.27. The zero-order valence-corrected chi connectivity index (χ0v) is 13.6. The van der Waals surface area contributed by atoms with Crippen molar-refractivity contribution in [2.24, 2.45) is 5.92 Å². The second kappa shape index (κ2) is 5.89. The van der Waals surface area contributed by atoms with Crippen LogP contribution in [0.2, 0.25) is 0 Å². The van der Waals surface area contributed by atoms with Crippen LogP contribution in [0.1, 0.15) is 23.2 Å². The van der Waals surface area contributed by atoms with E-state index in [4.69, 9.17) is 4.74 Å². The van der Waals surface area contributed by atoms with Crippen LogP contribution in [0.15, 0.2) is 48.8 Å². The van der Waals surface area contributed by atoms with Gasteiger partial charge in [-0.3, -0.25) is 9.78 Å². The van der Waals surface area contributed by atoms with Gasteiger partial charge in [0.2, 0.25) is 5.91 Å². The Labute approximate surface area is 140 Å². The Morgan fingerprint density at radius 2 is 1.83 bits per heavy atom. The van der Waals surface area contributed by atoms with E-state index in [-0.39, 0.29) is 30.0 Å². The lowest BCUT2D eigenvalue weighted by molar-refractivity contribution is -0.129. The Morgan fingerprint density at radius 1 is 1.08 bits per heavy atom. The molecule has 2 saturated heterocycles. The van der Waals surface area contributed by atoms with Gasteiger partial charge in [-0.05, 0) is 29.3 Å². The van der Waals surface area contributed by atoms with E-state index in [0.717, 1.165) is 16.9 Å². The third-order valence-corrected chi connectivity index (χ3v) is 5.06. The predicted octanol–water partition coefficient (Wildman–Crippen LogP) is 1.44. The topological polar surface area (TPSA) is 66.5 Å². The van der Waals surface area contributed by atoms with E-state index in [1.54, 1.807) is 13.3 Å². The molecule has 1 amide bonds. The first-order valence-electron chi connectivity index (χ1n) is 8.02. The molecule has 4 unspecified atom stereocenters. The first kappa shape index (κ1) is 15.1. The molecule has 0 spiro atoms. The minimum absolute atomic E-state index is 0.00852. The first-order valence-corrected chi connectivity index (χ1v) is 8.02. The fourth-order valence-electron chi connectivity index (χ4n) is 3.88. The van der Waals surface area contributed by atoms with E-state index in [1.165, 1.54) is 0 Å². The molecule has 24 heavy (non-hydrogen) atoms. The molecule has 6 nitrogen and oxygen atoms in total. The molecule has 2 aliphatic heterocycles. The quantitative estimate of drug-likeness (QED) is 0.894. The number of carbonyl (C=O) groups excluding carboxylic acids is 1. The highest BCUT2D eigenvalue weighted by Crippen LogP contribution is 2.46. The summed E-state index contributed by atoms with van der Waals surface area (Å²) in [4.78, 5) is 18.7. The van der Waals surface area contributed by atoms with E-state index in [1.807, 2.05) is 54.5 Å². The normalized spacial score (nSPS) is 28.9. The van der Waals surface area contributed by atoms with E-state index in [9.17, 15) is 4.79 Å². The molecular formula is C18H20N4O2. The second-order valence-electron chi connectivity index (χ2n) is 6.27. The molecule has 0 saturated carbocycles. The summed E-state index contributed by atoms with van der Waals surface area (Å²) in [5, 5.41) is 0. The summed E-state index contributed by atoms with van der Waals surface area (Å²) in [5.41, 5.74) is 8.68. The number of benzene rings is 1. The van der Waals surface area contributed by atoms with Gasteiger partial charge < -0.3 is 9.64 Å². The number of amides is 1. The van der Waals surface area contributed by atoms with Crippen LogP contribution >= 0.6 is 0 Å². The van der Waals surface area contributed by atoms with Gasteiger partial charge in [-0.2, -0.15) is 0 Å². The molecule has 4 rings (SSSR count). The zero-order chi connectivity index (χ0) is 16.7. The fourth-order valence-corrected chi connectivity index (χ4v) is 3.88. The van der Waals surface area contributed by atoms with Crippen LogP contribution in [0.5, 0.6) is 5.75 Å². The van der Waals surface area contributed by atoms with Crippen LogP contribution in [-0.4, -0.2) is 36.0 Å². The molecule has 0 radical (unpaired) electrons. The monoisotopic (exact) mass is 324 g/mol. The fraction of sp³-hybridized carbons (Fsp3) is 0.333. The molecule has 2 fully saturated rings. The Bertz CT molecular complexity index is 734. The lowest BCUT2D eigenvalue weighted by atomic mass is 9.84. The molecule has 2 aliphatic rings. The Kier molecular flexibility index (Phi) is 3.70. The van der Waals surface area contributed by atoms with Gasteiger partial charge in [0.1, 0.15) is 11.8 Å². The maximum Gasteiger partial charge on any atom is 0.241 e. The van der Waals surface area contributed by atoms with Crippen molar-refractivity contribution in [3.05, 3.63) is 59.9 Å². The largest absolute Gasteiger partial charge is 0.497 e. The van der Waals surface area contributed by atoms with Gasteiger partial charge in [-0.1, -0.05) is 18.2 Å². The van der Waals surface area contributed by atoms with Crippen molar-refractivity contribution in [3.8, 4) is 5.75 Å². The zero-order valence-electron chi connectivity index (χ0n) is 13.6. The molecule has 2 aromatic rings. The summed E-state index contributed by atoms with van der Waals surface area (Å²) in [5.74, 6) is 1.03. The molecule has 3 heterocycles. The minimum Gasteiger partial charge on any atom is -0.497 e. The van der Waals surface area contributed by atoms with Crippen molar-refractivity contribution >= 4 is 5.91 Å². The smallest absolute Gasteiger partial charge is 0.241 e. The summed E-state index contributed by atoms with van der Waals surface area (Å²) in [6, 6.07) is 11.7. The van der Waals surface area contributed by atoms with Crippen molar-refractivity contribution in [2.45, 2.75) is 18.1 Å². The van der Waals surface area contributed by atoms with Gasteiger partial charge in [0.15, 0.2) is 0 Å². The Balaban J connectivity index is 1.71. The lowest BCUT2D eigenvalue weighted by Gasteiger charge is -2.28. The van der Waals surface area contributed by atoms with Crippen LogP contribution in [0.3, 0.4) is 0 Å². The Morgan fingerprint density at radius 3 is 2.50 bits per heavy atom. The van der Waals surface area contributed by atoms with Crippen molar-refractivity contribution in [1.82, 2.24) is 20.7 Å². The number of pyridine rings is 1. The van der Waals surface area contributed by atoms with Crippen LogP contribution < -0.4 is 15.6 Å². The molecule has 1 aromatic heterocycles. The lowest BCUT2D eigenvalue weighted by Crippen LogP contribution is -2.39. The van der Waals surface area contributed by atoms with E-state index < -0.39 is 0 Å². The summed E-state index contributed by atoms with van der Waals surface area (Å²) in [6.45, 7) is 0. The average Bonchev–Trinajstić information content (AvgIpc) is 3.16. The molecule has 0 aliphatic carbocycles. The van der Waals surface area contributed by atoms with E-state index in [2.05, 4.69) is 15.8 Å². The van der Waals surface area contributed by atoms with Gasteiger partial charge in [0.25, 0.3) is 0 Å². The standard InChI is InChI=1S/C18H20N4O2/c1-22-17(12-4-3-9-19-10-12)14-15(20-21-16(14)18(22)23)11-5-7-13(24-2)8-6-11/h3-10,14-17,20-21H,1-2H3. The van der Waals surface area contributed by atoms with Crippen LogP contribution in [0, 0.1) is 5.92 Å². The molecule has 6 heteroatoms. The highest BCUT2D eigenvalue weighted by molar-refractivity contribution is 5.86. The van der Waals surface area contributed by atoms with Gasteiger partial charge >= 0.3 is 0 Å². The molecular weight excluding hydrogens is 304 g/mol. The molecule has 1 aromatic carbocycles. The summed E-state index contributed by atoms with van der Waals surface area (Å²) in [6.07, 6.45) is 3.60. The summed E-state index contributed by atoms with van der Waals surface area (Å²) < 4.78 is 5.24. The van der Waals surface area contributed by atoms with Gasteiger partial charge in [-0.15, -0.1) is 0 Å². The number of aromatic nitrogens is 1. The van der Waals surface area contributed by atoms with Crippen LogP contribution in [-0.2, 0) is 4.79 Å². The highest BCUT2D eigenvalue weighted by atomic mass is 16.5. The maximum atomic E-state index is 12.6. The number of likely N-dealkylation sites (tertiary alicyclic amines) is 1. The number of nitrogens with zero attached hydrogens (tertiary/aromatic N) is 2. The third kappa shape index (κ3) is 2.26. The molecule has 4 atom stereocenters. The van der Waals surface area contributed by atoms with Crippen molar-refractivity contribution in [1.29, 1.82) is 0 Å². The number of nitrogens with one attached hydrogen (secondary N) is 2. The summed E-state index contributed by atoms with van der Waals surface area (Å²) >= 11 is 0. The average molecular weight is 324 g/mol. The number of methoxy groups -OCH3 is 1. The third-order valence-electron chi connectivity index (χ3n) is 5.06. The molecule has 2 N–H and O–H groups in total. The van der Waals surface area contributed by atoms with Crippen molar-refractivity contribution in [3.63, 3.8) is 0 Å². The van der Waals surface area contributed by atoms with Gasteiger partial charge in [-0.25, -0.2) is 10.9 Å². The highest BCUT2D eigenvalue weighted by Gasteiger charge is 2.54. The van der Waals surface area contributed by atoms with Crippen LogP contribution in [0.25, 0.3) is 0 Å².